The number of pyridine rings is 2. The molecule has 1 aliphatic rings. The molecule has 4 nitrogen and oxygen atoms in total. The molecule has 0 radical (unpaired) electrons. The highest BCUT2D eigenvalue weighted by Crippen LogP contribution is 2.52. The van der Waals surface area contributed by atoms with E-state index in [0.29, 0.717) is 0 Å². The molecule has 0 unspecified atom stereocenters. The van der Waals surface area contributed by atoms with Crippen LogP contribution in [-0.2, 0) is 5.41 Å². The van der Waals surface area contributed by atoms with Gasteiger partial charge in [-0.05, 0) is 142 Å². The van der Waals surface area contributed by atoms with Crippen molar-refractivity contribution in [1.29, 1.82) is 0 Å². The quantitative estimate of drug-likeness (QED) is 0.145. The molecule has 0 fully saturated rings. The van der Waals surface area contributed by atoms with E-state index in [4.69, 9.17) is 0 Å². The fourth-order valence-corrected chi connectivity index (χ4v) is 9.18. The summed E-state index contributed by atoms with van der Waals surface area (Å²) in [4.78, 5) is 11.1. The van der Waals surface area contributed by atoms with Crippen LogP contribution in [0, 0.1) is 13.8 Å². The number of anilines is 3. The Kier molecular flexibility index (Phi) is 8.91. The van der Waals surface area contributed by atoms with Gasteiger partial charge in [0.25, 0.3) is 0 Å². The van der Waals surface area contributed by atoms with E-state index in [1.807, 2.05) is 24.5 Å². The Morgan fingerprint density at radius 2 is 1.02 bits per heavy atom. The summed E-state index contributed by atoms with van der Waals surface area (Å²) < 4.78 is 2.43. The van der Waals surface area contributed by atoms with E-state index in [9.17, 15) is 0 Å². The van der Waals surface area contributed by atoms with Gasteiger partial charge >= 0.3 is 0 Å². The van der Waals surface area contributed by atoms with E-state index < -0.39 is 0 Å². The minimum Gasteiger partial charge on any atom is -0.314 e. The summed E-state index contributed by atoms with van der Waals surface area (Å²) in [6.45, 7) is 9.28. The highest BCUT2D eigenvalue weighted by Gasteiger charge is 2.37. The predicted molar refractivity (Wildman–Crippen MR) is 245 cm³/mol. The number of benzene rings is 6. The first kappa shape index (κ1) is 36.1. The molecule has 6 aromatic carbocycles. The third-order valence-corrected chi connectivity index (χ3v) is 12.2. The van der Waals surface area contributed by atoms with Crippen LogP contribution in [0.1, 0.15) is 58.5 Å². The van der Waals surface area contributed by atoms with Crippen LogP contribution in [0.3, 0.4) is 0 Å². The van der Waals surface area contributed by atoms with Gasteiger partial charge in [-0.15, -0.1) is 0 Å². The molecule has 0 bridgehead atoms. The Morgan fingerprint density at radius 3 is 1.59 bits per heavy atom. The van der Waals surface area contributed by atoms with E-state index in [1.54, 1.807) is 12.4 Å². The second-order valence-corrected chi connectivity index (χ2v) is 16.0. The molecule has 0 saturated carbocycles. The number of fused-ring (bicyclic) bond motifs is 4. The molecule has 3 aromatic heterocycles. The molecule has 0 amide bonds. The Labute approximate surface area is 346 Å². The van der Waals surface area contributed by atoms with Gasteiger partial charge in [0.1, 0.15) is 0 Å². The molecule has 3 heterocycles. The maximum atomic E-state index is 4.44. The van der Waals surface area contributed by atoms with Crippen molar-refractivity contribution >= 4 is 39.1 Å². The van der Waals surface area contributed by atoms with Gasteiger partial charge in [-0.25, -0.2) is 0 Å². The standard InChI is InChI=1S/C55H44N4/c1-37-38(2)58(43-20-12-7-13-21-43)52-34-51-49(33-48(37)52)47-29-26-42(32-50(47)55(51,3)4)54(40-18-10-6-11-19-40)53(39-16-8-5-9-17-39)41-24-27-44(28-25-41)59(45-22-14-30-56-35-45)46-23-15-31-57-36-46/h5-36H,1-4H3. The number of nitrogens with zero attached hydrogens (tertiary/aromatic N) is 4. The lowest BCUT2D eigenvalue weighted by atomic mass is 9.80. The van der Waals surface area contributed by atoms with Gasteiger partial charge in [-0.1, -0.05) is 117 Å². The van der Waals surface area contributed by atoms with E-state index >= 15 is 0 Å². The summed E-state index contributed by atoms with van der Waals surface area (Å²) >= 11 is 0. The van der Waals surface area contributed by atoms with Crippen molar-refractivity contribution in [1.82, 2.24) is 14.5 Å². The van der Waals surface area contributed by atoms with Gasteiger partial charge in [0, 0.05) is 40.3 Å². The van der Waals surface area contributed by atoms with Crippen LogP contribution in [0.4, 0.5) is 17.1 Å². The largest absolute Gasteiger partial charge is 0.314 e. The minimum absolute atomic E-state index is 0.221. The first-order chi connectivity index (χ1) is 28.9. The number of hydrogen-bond donors (Lipinski definition) is 0. The monoisotopic (exact) mass is 760 g/mol. The maximum Gasteiger partial charge on any atom is 0.0645 e. The molecule has 10 rings (SSSR count). The fourth-order valence-electron chi connectivity index (χ4n) is 9.18. The normalized spacial score (nSPS) is 13.2. The van der Waals surface area contributed by atoms with Crippen molar-refractivity contribution in [3.8, 4) is 16.8 Å². The highest BCUT2D eigenvalue weighted by molar-refractivity contribution is 6.05. The van der Waals surface area contributed by atoms with Crippen molar-refractivity contribution in [2.45, 2.75) is 33.1 Å². The molecular weight excluding hydrogens is 717 g/mol. The molecule has 284 valence electrons. The number of para-hydroxylation sites is 1. The molecule has 0 N–H and O–H groups in total. The first-order valence-electron chi connectivity index (χ1n) is 20.3. The molecule has 1 aliphatic carbocycles. The zero-order valence-electron chi connectivity index (χ0n) is 33.8. The fraction of sp³-hybridized carbons (Fsp3) is 0.0909. The Hall–Kier alpha value is -7.30. The predicted octanol–water partition coefficient (Wildman–Crippen LogP) is 13.8. The van der Waals surface area contributed by atoms with Gasteiger partial charge in [0.2, 0.25) is 0 Å². The Balaban J connectivity index is 1.16. The SMILES string of the molecule is Cc1c(C)n(-c2ccccc2)c2cc3c(cc12)-c1ccc(C(=C(c2ccccc2)c2ccc(N(c4cccnc4)c4cccnc4)cc2)c2ccccc2)cc1C3(C)C. The zero-order valence-corrected chi connectivity index (χ0v) is 33.8. The summed E-state index contributed by atoms with van der Waals surface area (Å²) in [5, 5.41) is 1.31. The smallest absolute Gasteiger partial charge is 0.0645 e. The maximum absolute atomic E-state index is 4.44. The van der Waals surface area contributed by atoms with Gasteiger partial charge < -0.3 is 9.47 Å². The van der Waals surface area contributed by atoms with Crippen molar-refractivity contribution in [2.24, 2.45) is 0 Å². The van der Waals surface area contributed by atoms with Crippen LogP contribution in [-0.4, -0.2) is 14.5 Å². The average Bonchev–Trinajstić information content (AvgIpc) is 3.67. The van der Waals surface area contributed by atoms with Crippen molar-refractivity contribution in [2.75, 3.05) is 4.90 Å². The van der Waals surface area contributed by atoms with Crippen LogP contribution in [0.25, 0.3) is 38.9 Å². The van der Waals surface area contributed by atoms with Crippen LogP contribution in [0.15, 0.2) is 195 Å². The van der Waals surface area contributed by atoms with Gasteiger partial charge in [-0.2, -0.15) is 0 Å². The van der Waals surface area contributed by atoms with Gasteiger partial charge in [-0.3, -0.25) is 9.97 Å². The molecule has 0 atom stereocenters. The number of rotatable bonds is 8. The molecule has 59 heavy (non-hydrogen) atoms. The molecule has 4 heteroatoms. The average molecular weight is 761 g/mol. The number of aromatic nitrogens is 3. The Morgan fingerprint density at radius 1 is 0.492 bits per heavy atom. The van der Waals surface area contributed by atoms with Crippen LogP contribution >= 0.6 is 0 Å². The second-order valence-electron chi connectivity index (χ2n) is 16.0. The summed E-state index contributed by atoms with van der Waals surface area (Å²) in [5.41, 5.74) is 20.2. The summed E-state index contributed by atoms with van der Waals surface area (Å²) in [6.07, 6.45) is 7.39. The minimum atomic E-state index is -0.221. The van der Waals surface area contributed by atoms with Crippen LogP contribution in [0.2, 0.25) is 0 Å². The molecule has 9 aromatic rings. The van der Waals surface area contributed by atoms with Crippen LogP contribution in [0.5, 0.6) is 0 Å². The van der Waals surface area contributed by atoms with Crippen molar-refractivity contribution < 1.29 is 0 Å². The van der Waals surface area contributed by atoms with Gasteiger partial charge in [0.05, 0.1) is 29.3 Å². The first-order valence-corrected chi connectivity index (χ1v) is 20.3. The number of hydrogen-bond acceptors (Lipinski definition) is 3. The lowest BCUT2D eigenvalue weighted by molar-refractivity contribution is 0.660. The molecule has 0 aliphatic heterocycles. The third-order valence-electron chi connectivity index (χ3n) is 12.2. The van der Waals surface area contributed by atoms with Gasteiger partial charge in [0.15, 0.2) is 0 Å². The van der Waals surface area contributed by atoms with E-state index in [-0.39, 0.29) is 5.41 Å². The van der Waals surface area contributed by atoms with E-state index in [0.717, 1.165) is 28.2 Å². The highest BCUT2D eigenvalue weighted by atomic mass is 15.2. The molecular formula is C55H44N4. The van der Waals surface area contributed by atoms with Crippen LogP contribution < -0.4 is 4.90 Å². The second kappa shape index (κ2) is 14.6. The van der Waals surface area contributed by atoms with Crippen molar-refractivity contribution in [3.63, 3.8) is 0 Å². The summed E-state index contributed by atoms with van der Waals surface area (Å²) in [5.74, 6) is 0. The summed E-state index contributed by atoms with van der Waals surface area (Å²) in [6, 6.07) is 61.6. The number of aryl methyl sites for hydroxylation is 1. The topological polar surface area (TPSA) is 34.0 Å². The van der Waals surface area contributed by atoms with E-state index in [2.05, 4.69) is 205 Å². The molecule has 0 saturated heterocycles. The van der Waals surface area contributed by atoms with E-state index in [1.165, 1.54) is 72.4 Å². The Bertz CT molecular complexity index is 2950. The van der Waals surface area contributed by atoms with Crippen molar-refractivity contribution in [3.05, 3.63) is 239 Å². The third kappa shape index (κ3) is 6.16. The lowest BCUT2D eigenvalue weighted by Crippen LogP contribution is -2.15. The lowest BCUT2D eigenvalue weighted by Gasteiger charge is -2.25. The summed E-state index contributed by atoms with van der Waals surface area (Å²) in [7, 11) is 0. The zero-order chi connectivity index (χ0) is 40.1. The molecule has 0 spiro atoms.